The van der Waals surface area contributed by atoms with Crippen molar-refractivity contribution in [2.24, 2.45) is 0 Å². The zero-order chi connectivity index (χ0) is 25.7. The van der Waals surface area contributed by atoms with Gasteiger partial charge in [0.05, 0.1) is 13.2 Å². The monoisotopic (exact) mass is 483 g/mol. The Hall–Kier alpha value is -4.39. The molecule has 7 heteroatoms. The highest BCUT2D eigenvalue weighted by Crippen LogP contribution is 2.24. The molecule has 0 radical (unpaired) electrons. The van der Waals surface area contributed by atoms with Gasteiger partial charge in [0.25, 0.3) is 11.8 Å². The van der Waals surface area contributed by atoms with Crippen molar-refractivity contribution < 1.29 is 14.3 Å². The van der Waals surface area contributed by atoms with Crippen molar-refractivity contribution in [3.8, 4) is 5.75 Å². The number of carbonyl (C=O) groups is 2. The van der Waals surface area contributed by atoms with E-state index in [1.807, 2.05) is 73.7 Å². The number of pyridine rings is 1. The third-order valence-electron chi connectivity index (χ3n) is 6.03. The largest absolute Gasteiger partial charge is 0.497 e. The van der Waals surface area contributed by atoms with Crippen molar-refractivity contribution in [3.63, 3.8) is 0 Å². The predicted molar refractivity (Wildman–Crippen MR) is 141 cm³/mol. The van der Waals surface area contributed by atoms with Gasteiger partial charge in [-0.25, -0.2) is 0 Å². The van der Waals surface area contributed by atoms with Crippen molar-refractivity contribution in [2.45, 2.75) is 26.4 Å². The molecule has 1 aromatic heterocycles. The summed E-state index contributed by atoms with van der Waals surface area (Å²) in [5.74, 6) is -0.261. The Balaban J connectivity index is 1.63. The maximum atomic E-state index is 13.3. The number of rotatable bonds is 8. The standard InChI is InChI=1S/C29H29N3O4/c1-4-30-28(34)25-17-32(16-20-8-6-5-7-9-20)18-26(27(25)33)29(35)31-19(2)21-10-11-23-15-24(36-3)13-12-22(23)14-21/h5-15,17-19H,4,16H2,1-3H3,(H,30,34)(H,31,35). The Bertz CT molecular complexity index is 1460. The number of nitrogens with one attached hydrogen (secondary N) is 2. The molecule has 0 aliphatic carbocycles. The molecule has 3 aromatic carbocycles. The molecule has 0 aliphatic heterocycles. The van der Waals surface area contributed by atoms with Crippen LogP contribution in [0.4, 0.5) is 0 Å². The molecular weight excluding hydrogens is 454 g/mol. The second kappa shape index (κ2) is 10.9. The molecule has 2 N–H and O–H groups in total. The van der Waals surface area contributed by atoms with Crippen molar-refractivity contribution in [3.05, 3.63) is 112 Å². The summed E-state index contributed by atoms with van der Waals surface area (Å²) in [5, 5.41) is 7.61. The van der Waals surface area contributed by atoms with E-state index in [9.17, 15) is 14.4 Å². The minimum atomic E-state index is -0.597. The van der Waals surface area contributed by atoms with Crippen LogP contribution in [0.3, 0.4) is 0 Å². The van der Waals surface area contributed by atoms with E-state index >= 15 is 0 Å². The predicted octanol–water partition coefficient (Wildman–Crippen LogP) is 4.30. The van der Waals surface area contributed by atoms with Gasteiger partial charge in [-0.3, -0.25) is 14.4 Å². The zero-order valence-corrected chi connectivity index (χ0v) is 20.6. The van der Waals surface area contributed by atoms with Crippen LogP contribution in [0.2, 0.25) is 0 Å². The van der Waals surface area contributed by atoms with Gasteiger partial charge in [-0.05, 0) is 53.9 Å². The van der Waals surface area contributed by atoms with Gasteiger partial charge in [-0.2, -0.15) is 0 Å². The average molecular weight is 484 g/mol. The normalized spacial score (nSPS) is 11.6. The fourth-order valence-electron chi connectivity index (χ4n) is 4.09. The maximum absolute atomic E-state index is 13.3. The molecule has 0 fully saturated rings. The van der Waals surface area contributed by atoms with Crippen LogP contribution in [-0.2, 0) is 6.54 Å². The molecule has 4 rings (SSSR count). The number of hydrogen-bond acceptors (Lipinski definition) is 4. The van der Waals surface area contributed by atoms with Gasteiger partial charge in [0.2, 0.25) is 5.43 Å². The van der Waals surface area contributed by atoms with Crippen LogP contribution in [0.1, 0.15) is 51.7 Å². The number of benzene rings is 3. The molecule has 2 amide bonds. The number of methoxy groups -OCH3 is 1. The van der Waals surface area contributed by atoms with E-state index < -0.39 is 17.2 Å². The molecule has 0 aliphatic rings. The van der Waals surface area contributed by atoms with Crippen LogP contribution in [0.15, 0.2) is 83.9 Å². The van der Waals surface area contributed by atoms with Crippen molar-refractivity contribution in [1.82, 2.24) is 15.2 Å². The Kier molecular flexibility index (Phi) is 7.49. The Morgan fingerprint density at radius 3 is 2.28 bits per heavy atom. The quantitative estimate of drug-likeness (QED) is 0.391. The molecule has 1 atom stereocenters. The molecule has 36 heavy (non-hydrogen) atoms. The van der Waals surface area contributed by atoms with E-state index in [2.05, 4.69) is 10.6 Å². The lowest BCUT2D eigenvalue weighted by molar-refractivity contribution is 0.0938. The Labute approximate surface area is 209 Å². The van der Waals surface area contributed by atoms with Gasteiger partial charge >= 0.3 is 0 Å². The smallest absolute Gasteiger partial charge is 0.257 e. The average Bonchev–Trinajstić information content (AvgIpc) is 2.89. The van der Waals surface area contributed by atoms with Gasteiger partial charge in [0.1, 0.15) is 16.9 Å². The molecule has 1 unspecified atom stereocenters. The van der Waals surface area contributed by atoms with Crippen molar-refractivity contribution >= 4 is 22.6 Å². The number of carbonyl (C=O) groups excluding carboxylic acids is 2. The van der Waals surface area contributed by atoms with Crippen LogP contribution in [0.5, 0.6) is 5.75 Å². The molecule has 1 heterocycles. The summed E-state index contributed by atoms with van der Waals surface area (Å²) in [6.07, 6.45) is 3.00. The zero-order valence-electron chi connectivity index (χ0n) is 20.6. The highest BCUT2D eigenvalue weighted by Gasteiger charge is 2.21. The lowest BCUT2D eigenvalue weighted by Crippen LogP contribution is -2.36. The molecule has 4 aromatic rings. The van der Waals surface area contributed by atoms with E-state index in [0.717, 1.165) is 27.6 Å². The second-order valence-corrected chi connectivity index (χ2v) is 8.60. The number of fused-ring (bicyclic) bond motifs is 1. The molecule has 184 valence electrons. The minimum Gasteiger partial charge on any atom is -0.497 e. The van der Waals surface area contributed by atoms with Crippen LogP contribution < -0.4 is 20.8 Å². The SMILES string of the molecule is CCNC(=O)c1cn(Cc2ccccc2)cc(C(=O)NC(C)c2ccc3cc(OC)ccc3c2)c1=O. The first-order valence-electron chi connectivity index (χ1n) is 11.8. The summed E-state index contributed by atoms with van der Waals surface area (Å²) in [6, 6.07) is 21.0. The highest BCUT2D eigenvalue weighted by atomic mass is 16.5. The molecule has 0 spiro atoms. The topological polar surface area (TPSA) is 89.4 Å². The fraction of sp³-hybridized carbons (Fsp3) is 0.207. The Morgan fingerprint density at radius 2 is 1.58 bits per heavy atom. The van der Waals surface area contributed by atoms with Crippen molar-refractivity contribution in [2.75, 3.05) is 13.7 Å². The molecule has 0 bridgehead atoms. The van der Waals surface area contributed by atoms with Crippen molar-refractivity contribution in [1.29, 1.82) is 0 Å². The second-order valence-electron chi connectivity index (χ2n) is 8.60. The number of ether oxygens (including phenoxy) is 1. The summed E-state index contributed by atoms with van der Waals surface area (Å²) in [6.45, 7) is 4.42. The van der Waals surface area contributed by atoms with Crippen LogP contribution in [-0.4, -0.2) is 30.0 Å². The summed E-state index contributed by atoms with van der Waals surface area (Å²) < 4.78 is 6.98. The van der Waals surface area contributed by atoms with E-state index in [1.165, 1.54) is 12.4 Å². The first-order chi connectivity index (χ1) is 17.4. The third kappa shape index (κ3) is 5.46. The van der Waals surface area contributed by atoms with E-state index in [1.54, 1.807) is 18.6 Å². The number of amides is 2. The molecule has 7 nitrogen and oxygen atoms in total. The first-order valence-corrected chi connectivity index (χ1v) is 11.8. The van der Waals surface area contributed by atoms with E-state index in [-0.39, 0.29) is 17.2 Å². The number of hydrogen-bond donors (Lipinski definition) is 2. The van der Waals surface area contributed by atoms with Gasteiger partial charge in [-0.1, -0.05) is 48.5 Å². The molecular formula is C29H29N3O4. The van der Waals surface area contributed by atoms with Crippen LogP contribution in [0, 0.1) is 0 Å². The summed E-state index contributed by atoms with van der Waals surface area (Å²) in [7, 11) is 1.63. The lowest BCUT2D eigenvalue weighted by atomic mass is 10.0. The number of nitrogens with zero attached hydrogens (tertiary/aromatic N) is 1. The van der Waals surface area contributed by atoms with Gasteiger partial charge in [-0.15, -0.1) is 0 Å². The fourth-order valence-corrected chi connectivity index (χ4v) is 4.09. The number of aromatic nitrogens is 1. The lowest BCUT2D eigenvalue weighted by Gasteiger charge is -2.17. The maximum Gasteiger partial charge on any atom is 0.257 e. The minimum absolute atomic E-state index is 0.0623. The van der Waals surface area contributed by atoms with Gasteiger partial charge in [0.15, 0.2) is 0 Å². The third-order valence-corrected chi connectivity index (χ3v) is 6.03. The van der Waals surface area contributed by atoms with Gasteiger partial charge < -0.3 is 19.9 Å². The molecule has 0 saturated carbocycles. The van der Waals surface area contributed by atoms with E-state index in [4.69, 9.17) is 4.74 Å². The molecule has 0 saturated heterocycles. The summed E-state index contributed by atoms with van der Waals surface area (Å²) in [5.41, 5.74) is 1.14. The summed E-state index contributed by atoms with van der Waals surface area (Å²) in [4.78, 5) is 39.0. The summed E-state index contributed by atoms with van der Waals surface area (Å²) >= 11 is 0. The Morgan fingerprint density at radius 1 is 0.917 bits per heavy atom. The van der Waals surface area contributed by atoms with Crippen LogP contribution >= 0.6 is 0 Å². The van der Waals surface area contributed by atoms with Gasteiger partial charge in [0, 0.05) is 25.5 Å². The van der Waals surface area contributed by atoms with Crippen LogP contribution in [0.25, 0.3) is 10.8 Å². The van der Waals surface area contributed by atoms with E-state index in [0.29, 0.717) is 13.1 Å². The highest BCUT2D eigenvalue weighted by molar-refractivity contribution is 5.99. The first kappa shape index (κ1) is 24.7.